The quantitative estimate of drug-likeness (QED) is 0.681. The number of nitrogens with zero attached hydrogens (tertiary/aromatic N) is 2. The molecule has 1 N–H and O–H groups in total. The topological polar surface area (TPSA) is 86.8 Å². The van der Waals surface area contributed by atoms with E-state index in [0.29, 0.717) is 26.2 Å². The summed E-state index contributed by atoms with van der Waals surface area (Å²) in [6, 6.07) is 16.0. The Balaban J connectivity index is 1.27. The Bertz CT molecular complexity index is 1210. The molecule has 0 unspecified atom stereocenters. The number of hydrogen-bond acceptors (Lipinski definition) is 4. The molecule has 4 rings (SSSR count). The second-order valence-electron chi connectivity index (χ2n) is 9.11. The van der Waals surface area contributed by atoms with Crippen molar-refractivity contribution in [2.24, 2.45) is 5.41 Å². The van der Waals surface area contributed by atoms with Crippen LogP contribution >= 0.6 is 0 Å². The van der Waals surface area contributed by atoms with Crippen molar-refractivity contribution in [3.8, 4) is 11.8 Å². The average molecular weight is 480 g/mol. The number of carbonyl (C=O) groups excluding carboxylic acids is 2. The first-order valence-electron chi connectivity index (χ1n) is 11.5. The van der Waals surface area contributed by atoms with Crippen molar-refractivity contribution in [3.63, 3.8) is 0 Å². The largest absolute Gasteiger partial charge is 0.341 e. The smallest absolute Gasteiger partial charge is 0.298 e. The fourth-order valence-corrected chi connectivity index (χ4v) is 5.51. The molecular weight excluding hydrogens is 450 g/mol. The first kappa shape index (κ1) is 24.0. The van der Waals surface area contributed by atoms with Crippen LogP contribution in [0.1, 0.15) is 30.4 Å². The van der Waals surface area contributed by atoms with Crippen LogP contribution in [0.3, 0.4) is 0 Å². The van der Waals surface area contributed by atoms with Gasteiger partial charge < -0.3 is 9.80 Å². The van der Waals surface area contributed by atoms with E-state index in [4.69, 9.17) is 0 Å². The molecule has 0 aliphatic carbocycles. The lowest BCUT2D eigenvalue weighted by Gasteiger charge is -2.38. The van der Waals surface area contributed by atoms with E-state index < -0.39 is 10.0 Å². The predicted molar refractivity (Wildman–Crippen MR) is 129 cm³/mol. The molecule has 178 valence electrons. The highest BCUT2D eigenvalue weighted by Gasteiger charge is 2.42. The zero-order chi connectivity index (χ0) is 24.2. The van der Waals surface area contributed by atoms with Gasteiger partial charge in [-0.05, 0) is 55.9 Å². The van der Waals surface area contributed by atoms with Gasteiger partial charge in [-0.3, -0.25) is 9.59 Å². The summed E-state index contributed by atoms with van der Waals surface area (Å²) >= 11 is 0. The zero-order valence-corrected chi connectivity index (χ0v) is 20.1. The maximum Gasteiger partial charge on any atom is 0.298 e. The van der Waals surface area contributed by atoms with Crippen LogP contribution in [-0.2, 0) is 19.6 Å². The minimum atomic E-state index is -3.73. The van der Waals surface area contributed by atoms with Gasteiger partial charge in [-0.1, -0.05) is 41.8 Å². The van der Waals surface area contributed by atoms with E-state index in [9.17, 15) is 18.0 Å². The number of piperidine rings is 1. The second-order valence-corrected chi connectivity index (χ2v) is 10.9. The lowest BCUT2D eigenvalue weighted by Crippen LogP contribution is -2.45. The van der Waals surface area contributed by atoms with E-state index in [1.54, 1.807) is 21.9 Å². The van der Waals surface area contributed by atoms with Gasteiger partial charge in [0.05, 0.1) is 11.4 Å². The van der Waals surface area contributed by atoms with Gasteiger partial charge in [-0.25, -0.2) is 13.1 Å². The van der Waals surface area contributed by atoms with Crippen molar-refractivity contribution in [1.82, 2.24) is 14.5 Å². The minimum Gasteiger partial charge on any atom is -0.341 e. The number of sulfonamides is 1. The van der Waals surface area contributed by atoms with Gasteiger partial charge in [0.25, 0.3) is 5.91 Å². The van der Waals surface area contributed by atoms with Crippen molar-refractivity contribution in [3.05, 3.63) is 65.7 Å². The Kier molecular flexibility index (Phi) is 7.05. The van der Waals surface area contributed by atoms with Crippen molar-refractivity contribution in [2.75, 3.05) is 32.7 Å². The summed E-state index contributed by atoms with van der Waals surface area (Å²) in [4.78, 5) is 28.9. The maximum atomic E-state index is 12.7. The van der Waals surface area contributed by atoms with E-state index in [1.807, 2.05) is 37.3 Å². The van der Waals surface area contributed by atoms with E-state index in [-0.39, 0.29) is 28.7 Å². The molecule has 2 saturated heterocycles. The molecule has 7 nitrogen and oxygen atoms in total. The van der Waals surface area contributed by atoms with Gasteiger partial charge in [0, 0.05) is 37.7 Å². The molecule has 0 saturated carbocycles. The number of benzene rings is 2. The highest BCUT2D eigenvalue weighted by molar-refractivity contribution is 7.89. The van der Waals surface area contributed by atoms with Crippen LogP contribution in [0.5, 0.6) is 0 Å². The molecule has 0 bridgehead atoms. The van der Waals surface area contributed by atoms with Gasteiger partial charge >= 0.3 is 0 Å². The Morgan fingerprint density at radius 3 is 2.21 bits per heavy atom. The van der Waals surface area contributed by atoms with E-state index in [0.717, 1.165) is 30.4 Å². The molecular formula is C26H29N3O4S. The molecule has 2 amide bonds. The van der Waals surface area contributed by atoms with Crippen molar-refractivity contribution in [1.29, 1.82) is 0 Å². The van der Waals surface area contributed by atoms with Crippen LogP contribution in [0.15, 0.2) is 59.5 Å². The highest BCUT2D eigenvalue weighted by Crippen LogP contribution is 2.40. The van der Waals surface area contributed by atoms with Crippen LogP contribution in [0.4, 0.5) is 0 Å². The van der Waals surface area contributed by atoms with Gasteiger partial charge in [0.15, 0.2) is 0 Å². The minimum absolute atomic E-state index is 0.0187. The lowest BCUT2D eigenvalue weighted by atomic mass is 9.78. The normalized spacial score (nSPS) is 17.3. The van der Waals surface area contributed by atoms with Gasteiger partial charge in [-0.15, -0.1) is 0 Å². The summed E-state index contributed by atoms with van der Waals surface area (Å²) in [6.45, 7) is 4.05. The Morgan fingerprint density at radius 2 is 1.56 bits per heavy atom. The summed E-state index contributed by atoms with van der Waals surface area (Å²) in [5.41, 5.74) is 1.76. The number of amides is 2. The summed E-state index contributed by atoms with van der Waals surface area (Å²) in [5, 5.41) is 0. The molecule has 34 heavy (non-hydrogen) atoms. The third kappa shape index (κ3) is 5.66. The molecule has 1 spiro atoms. The molecule has 2 aromatic rings. The summed E-state index contributed by atoms with van der Waals surface area (Å²) < 4.78 is 27.4. The molecule has 2 aliphatic heterocycles. The standard InChI is InChI=1S/C26H29N3O4S/c1-21-7-10-23(11-8-21)34(32,33)27-19-25(31)29-18-15-26(20-29)13-16-28(17-14-26)24(30)12-9-22-5-3-2-4-6-22/h2-8,10-11,27H,13-20H2,1H3. The van der Waals surface area contributed by atoms with Crippen molar-refractivity contribution < 1.29 is 18.0 Å². The second kappa shape index (κ2) is 10.00. The van der Waals surface area contributed by atoms with Crippen LogP contribution in [-0.4, -0.2) is 62.8 Å². The fourth-order valence-electron chi connectivity index (χ4n) is 4.54. The maximum absolute atomic E-state index is 12.7. The highest BCUT2D eigenvalue weighted by atomic mass is 32.2. The zero-order valence-electron chi connectivity index (χ0n) is 19.3. The lowest BCUT2D eigenvalue weighted by molar-refractivity contribution is -0.130. The van der Waals surface area contributed by atoms with Crippen molar-refractivity contribution >= 4 is 21.8 Å². The van der Waals surface area contributed by atoms with Gasteiger partial charge in [-0.2, -0.15) is 0 Å². The number of rotatable bonds is 4. The Hall–Kier alpha value is -3.15. The first-order chi connectivity index (χ1) is 16.3. The van der Waals surface area contributed by atoms with Crippen LogP contribution in [0, 0.1) is 24.2 Å². The predicted octanol–water partition coefficient (Wildman–Crippen LogP) is 2.17. The molecule has 2 fully saturated rings. The molecule has 0 radical (unpaired) electrons. The van der Waals surface area contributed by atoms with Crippen LogP contribution < -0.4 is 4.72 Å². The number of aryl methyl sites for hydroxylation is 1. The van der Waals surface area contributed by atoms with E-state index in [2.05, 4.69) is 16.6 Å². The molecule has 2 aromatic carbocycles. The molecule has 0 atom stereocenters. The third-order valence-corrected chi connectivity index (χ3v) is 8.15. The Morgan fingerprint density at radius 1 is 0.941 bits per heavy atom. The fraction of sp³-hybridized carbons (Fsp3) is 0.385. The van der Waals surface area contributed by atoms with Crippen LogP contribution in [0.2, 0.25) is 0 Å². The first-order valence-corrected chi connectivity index (χ1v) is 12.9. The number of likely N-dealkylation sites (tertiary alicyclic amines) is 2. The third-order valence-electron chi connectivity index (χ3n) is 6.73. The molecule has 2 heterocycles. The SMILES string of the molecule is Cc1ccc(S(=O)(=O)NCC(=O)N2CCC3(CCN(C(=O)C#Cc4ccccc4)CC3)C2)cc1. The van der Waals surface area contributed by atoms with E-state index in [1.165, 1.54) is 12.1 Å². The van der Waals surface area contributed by atoms with E-state index >= 15 is 0 Å². The molecule has 8 heteroatoms. The summed E-state index contributed by atoms with van der Waals surface area (Å²) in [6.07, 6.45) is 2.48. The molecule has 2 aliphatic rings. The van der Waals surface area contributed by atoms with Crippen molar-refractivity contribution in [2.45, 2.75) is 31.1 Å². The van der Waals surface area contributed by atoms with Gasteiger partial charge in [0.1, 0.15) is 0 Å². The van der Waals surface area contributed by atoms with Crippen LogP contribution in [0.25, 0.3) is 0 Å². The number of nitrogens with one attached hydrogen (secondary N) is 1. The monoisotopic (exact) mass is 479 g/mol. The summed E-state index contributed by atoms with van der Waals surface area (Å²) in [5.74, 6) is 5.25. The number of hydrogen-bond donors (Lipinski definition) is 1. The summed E-state index contributed by atoms with van der Waals surface area (Å²) in [7, 11) is -3.73. The number of carbonyl (C=O) groups is 2. The Labute approximate surface area is 201 Å². The molecule has 0 aromatic heterocycles. The van der Waals surface area contributed by atoms with Gasteiger partial charge in [0.2, 0.25) is 15.9 Å². The average Bonchev–Trinajstić information content (AvgIpc) is 3.26.